The molecule has 1 aliphatic heterocycles. The van der Waals surface area contributed by atoms with Crippen LogP contribution in [-0.2, 0) is 20.7 Å². The Labute approximate surface area is 172 Å². The zero-order chi connectivity index (χ0) is 20.9. The Hall–Kier alpha value is -2.88. The summed E-state index contributed by atoms with van der Waals surface area (Å²) in [7, 11) is 0. The van der Waals surface area contributed by atoms with E-state index in [0.717, 1.165) is 24.0 Å². The third kappa shape index (κ3) is 4.26. The average Bonchev–Trinajstić information content (AvgIpc) is 2.75. The van der Waals surface area contributed by atoms with Crippen molar-refractivity contribution in [3.8, 4) is 0 Å². The minimum Gasteiger partial charge on any atom is -0.504 e. The lowest BCUT2D eigenvalue weighted by atomic mass is 9.78. The lowest BCUT2D eigenvalue weighted by Gasteiger charge is -2.37. The zero-order valence-corrected chi connectivity index (χ0v) is 17.1. The number of Topliss-reactive ketones (excluding diaryl/α,β-unsaturated/α-hetero) is 1. The second-order valence-electron chi connectivity index (χ2n) is 7.61. The van der Waals surface area contributed by atoms with Crippen LogP contribution in [0.1, 0.15) is 56.6 Å². The smallest absolute Gasteiger partial charge is 0.339 e. The highest BCUT2D eigenvalue weighted by molar-refractivity contribution is 6.11. The molecule has 4 heteroatoms. The van der Waals surface area contributed by atoms with Crippen LogP contribution in [0.4, 0.5) is 0 Å². The van der Waals surface area contributed by atoms with Crippen molar-refractivity contribution in [3.63, 3.8) is 0 Å². The highest BCUT2D eigenvalue weighted by Crippen LogP contribution is 2.39. The molecule has 0 amide bonds. The number of ether oxygens (including phenoxy) is 1. The summed E-state index contributed by atoms with van der Waals surface area (Å²) in [5.74, 6) is -1.90. The van der Waals surface area contributed by atoms with Crippen molar-refractivity contribution in [2.75, 3.05) is 0 Å². The number of benzene rings is 2. The van der Waals surface area contributed by atoms with Crippen LogP contribution in [0, 0.1) is 0 Å². The first-order valence-electron chi connectivity index (χ1n) is 10.3. The lowest BCUT2D eigenvalue weighted by molar-refractivity contribution is -0.168. The minimum atomic E-state index is -1.35. The van der Waals surface area contributed by atoms with Gasteiger partial charge in [0.05, 0.1) is 5.57 Å². The topological polar surface area (TPSA) is 63.6 Å². The number of hydrogen-bond acceptors (Lipinski definition) is 4. The number of carbonyl (C=O) groups excluding carboxylic acids is 2. The molecule has 0 radical (unpaired) electrons. The number of hydrogen-bond donors (Lipinski definition) is 1. The predicted octanol–water partition coefficient (Wildman–Crippen LogP) is 5.29. The molecular formula is C25H28O4. The van der Waals surface area contributed by atoms with E-state index < -0.39 is 23.1 Å². The van der Waals surface area contributed by atoms with Gasteiger partial charge in [0.2, 0.25) is 5.78 Å². The maximum atomic E-state index is 13.4. The fourth-order valence-corrected chi connectivity index (χ4v) is 4.07. The Morgan fingerprint density at radius 1 is 0.966 bits per heavy atom. The Kier molecular flexibility index (Phi) is 6.53. The molecule has 1 aliphatic rings. The number of cyclic esters (lactones) is 1. The van der Waals surface area contributed by atoms with E-state index in [1.807, 2.05) is 74.5 Å². The quantitative estimate of drug-likeness (QED) is 0.620. The maximum Gasteiger partial charge on any atom is 0.339 e. The summed E-state index contributed by atoms with van der Waals surface area (Å²) in [6.45, 7) is 3.95. The largest absolute Gasteiger partial charge is 0.504 e. The third-order valence-corrected chi connectivity index (χ3v) is 5.62. The van der Waals surface area contributed by atoms with Crippen LogP contribution in [0.15, 0.2) is 72.0 Å². The van der Waals surface area contributed by atoms with Crippen LogP contribution in [0.3, 0.4) is 0 Å². The highest BCUT2D eigenvalue weighted by Gasteiger charge is 2.50. The van der Waals surface area contributed by atoms with Crippen molar-refractivity contribution in [3.05, 3.63) is 83.1 Å². The van der Waals surface area contributed by atoms with Gasteiger partial charge >= 0.3 is 5.97 Å². The van der Waals surface area contributed by atoms with Gasteiger partial charge in [-0.05, 0) is 30.4 Å². The molecule has 0 aliphatic carbocycles. The molecule has 152 valence electrons. The van der Waals surface area contributed by atoms with Crippen LogP contribution < -0.4 is 0 Å². The molecule has 1 N–H and O–H groups in total. The Bertz CT molecular complexity index is 886. The Morgan fingerprint density at radius 3 is 2.17 bits per heavy atom. The third-order valence-electron chi connectivity index (χ3n) is 5.62. The average molecular weight is 392 g/mol. The molecule has 0 fully saturated rings. The minimum absolute atomic E-state index is 0.0730. The molecule has 2 atom stereocenters. The zero-order valence-electron chi connectivity index (χ0n) is 17.1. The fourth-order valence-electron chi connectivity index (χ4n) is 4.07. The molecular weight excluding hydrogens is 364 g/mol. The Balaban J connectivity index is 2.03. The SMILES string of the molecule is CCCCC1(Cc2ccccc2)OC(=O)C(C(CC)c2ccccc2)=C(O)C1=O. The van der Waals surface area contributed by atoms with Gasteiger partial charge in [-0.1, -0.05) is 80.9 Å². The molecule has 2 unspecified atom stereocenters. The number of rotatable bonds is 8. The van der Waals surface area contributed by atoms with Gasteiger partial charge < -0.3 is 9.84 Å². The van der Waals surface area contributed by atoms with Crippen molar-refractivity contribution in [2.45, 2.75) is 57.5 Å². The van der Waals surface area contributed by atoms with Gasteiger partial charge in [0.25, 0.3) is 0 Å². The van der Waals surface area contributed by atoms with E-state index in [-0.39, 0.29) is 17.9 Å². The number of ketones is 1. The van der Waals surface area contributed by atoms with Crippen LogP contribution >= 0.6 is 0 Å². The summed E-state index contributed by atoms with van der Waals surface area (Å²) in [5.41, 5.74) is 0.502. The number of aliphatic hydroxyl groups is 1. The molecule has 3 rings (SSSR count). The van der Waals surface area contributed by atoms with E-state index in [9.17, 15) is 14.7 Å². The van der Waals surface area contributed by atoms with Crippen molar-refractivity contribution in [1.82, 2.24) is 0 Å². The van der Waals surface area contributed by atoms with Gasteiger partial charge in [0.15, 0.2) is 11.4 Å². The van der Waals surface area contributed by atoms with Gasteiger partial charge in [0.1, 0.15) is 0 Å². The number of carbonyl (C=O) groups is 2. The summed E-state index contributed by atoms with van der Waals surface area (Å²) in [5, 5.41) is 10.9. The van der Waals surface area contributed by atoms with E-state index in [1.54, 1.807) is 0 Å². The molecule has 0 bridgehead atoms. The van der Waals surface area contributed by atoms with E-state index in [1.165, 1.54) is 0 Å². The maximum absolute atomic E-state index is 13.4. The van der Waals surface area contributed by atoms with Gasteiger partial charge in [-0.25, -0.2) is 4.79 Å². The first-order chi connectivity index (χ1) is 14.0. The molecule has 4 nitrogen and oxygen atoms in total. The second-order valence-corrected chi connectivity index (χ2v) is 7.61. The van der Waals surface area contributed by atoms with Gasteiger partial charge in [0, 0.05) is 12.3 Å². The van der Waals surface area contributed by atoms with E-state index in [0.29, 0.717) is 12.8 Å². The van der Waals surface area contributed by atoms with Crippen molar-refractivity contribution in [1.29, 1.82) is 0 Å². The molecule has 0 spiro atoms. The summed E-state index contributed by atoms with van der Waals surface area (Å²) in [4.78, 5) is 26.5. The van der Waals surface area contributed by atoms with Crippen molar-refractivity contribution in [2.24, 2.45) is 0 Å². The predicted molar refractivity (Wildman–Crippen MR) is 113 cm³/mol. The molecule has 2 aromatic carbocycles. The van der Waals surface area contributed by atoms with Gasteiger partial charge in [-0.2, -0.15) is 0 Å². The summed E-state index contributed by atoms with van der Waals surface area (Å²) < 4.78 is 5.87. The molecule has 0 aromatic heterocycles. The van der Waals surface area contributed by atoms with Crippen molar-refractivity contribution >= 4 is 11.8 Å². The fraction of sp³-hybridized carbons (Fsp3) is 0.360. The van der Waals surface area contributed by atoms with Crippen molar-refractivity contribution < 1.29 is 19.4 Å². The summed E-state index contributed by atoms with van der Waals surface area (Å²) in [6, 6.07) is 18.9. The van der Waals surface area contributed by atoms with Crippen LogP contribution in [-0.4, -0.2) is 22.5 Å². The van der Waals surface area contributed by atoms with Crippen LogP contribution in [0.25, 0.3) is 0 Å². The summed E-state index contributed by atoms with van der Waals surface area (Å²) in [6.07, 6.45) is 2.82. The molecule has 1 heterocycles. The van der Waals surface area contributed by atoms with E-state index in [2.05, 4.69) is 0 Å². The highest BCUT2D eigenvalue weighted by atomic mass is 16.6. The number of aliphatic hydroxyl groups excluding tert-OH is 1. The first-order valence-corrected chi connectivity index (χ1v) is 10.3. The monoisotopic (exact) mass is 392 g/mol. The van der Waals surface area contributed by atoms with E-state index in [4.69, 9.17) is 4.74 Å². The standard InChI is InChI=1S/C25H28O4/c1-3-5-16-25(17-18-12-8-6-9-13-18)23(27)22(26)21(24(28)29-25)20(4-2)19-14-10-7-11-15-19/h6-15,20,26H,3-5,16-17H2,1-2H3. The van der Waals surface area contributed by atoms with Gasteiger partial charge in [-0.15, -0.1) is 0 Å². The Morgan fingerprint density at radius 2 is 1.59 bits per heavy atom. The van der Waals surface area contributed by atoms with E-state index >= 15 is 0 Å². The van der Waals surface area contributed by atoms with Crippen LogP contribution in [0.5, 0.6) is 0 Å². The number of esters is 1. The normalized spacial score (nSPS) is 20.5. The number of unbranched alkanes of at least 4 members (excludes halogenated alkanes) is 1. The molecule has 0 saturated carbocycles. The first kappa shape index (κ1) is 20.8. The van der Waals surface area contributed by atoms with Crippen LogP contribution in [0.2, 0.25) is 0 Å². The molecule has 0 saturated heterocycles. The van der Waals surface area contributed by atoms with Gasteiger partial charge in [-0.3, -0.25) is 4.79 Å². The molecule has 2 aromatic rings. The molecule has 29 heavy (non-hydrogen) atoms. The second kappa shape index (κ2) is 9.08. The summed E-state index contributed by atoms with van der Waals surface area (Å²) >= 11 is 0. The lowest BCUT2D eigenvalue weighted by Crippen LogP contribution is -2.50.